The number of hydrogen-bond acceptors (Lipinski definition) is 4. The van der Waals surface area contributed by atoms with E-state index in [4.69, 9.17) is 10.5 Å². The van der Waals surface area contributed by atoms with Crippen molar-refractivity contribution in [3.63, 3.8) is 0 Å². The van der Waals surface area contributed by atoms with Gasteiger partial charge in [0.15, 0.2) is 23.4 Å². The van der Waals surface area contributed by atoms with Gasteiger partial charge in [-0.25, -0.2) is 13.2 Å². The van der Waals surface area contributed by atoms with Gasteiger partial charge in [-0.15, -0.1) is 0 Å². The van der Waals surface area contributed by atoms with E-state index in [9.17, 15) is 13.2 Å². The second-order valence-electron chi connectivity index (χ2n) is 4.20. The first-order valence-electron chi connectivity index (χ1n) is 5.74. The van der Waals surface area contributed by atoms with Gasteiger partial charge in [0.05, 0.1) is 19.2 Å². The summed E-state index contributed by atoms with van der Waals surface area (Å²) < 4.78 is 44.4. The topological polar surface area (TPSA) is 50.9 Å². The Morgan fingerprint density at radius 3 is 2.58 bits per heavy atom. The molecule has 1 aliphatic rings. The minimum Gasteiger partial charge on any atom is -0.383 e. The zero-order valence-electron chi connectivity index (χ0n) is 10.4. The number of guanidine groups is 1. The second-order valence-corrected chi connectivity index (χ2v) is 4.20. The summed E-state index contributed by atoms with van der Waals surface area (Å²) in [5.74, 6) is -3.62. The molecule has 1 unspecified atom stereocenters. The Morgan fingerprint density at radius 1 is 1.37 bits per heavy atom. The second kappa shape index (κ2) is 5.48. The molecule has 0 bridgehead atoms. The third kappa shape index (κ3) is 2.65. The van der Waals surface area contributed by atoms with Crippen molar-refractivity contribution in [3.8, 4) is 0 Å². The van der Waals surface area contributed by atoms with Crippen LogP contribution in [-0.4, -0.2) is 37.7 Å². The fourth-order valence-electron chi connectivity index (χ4n) is 2.04. The molecular weight excluding hydrogens is 259 g/mol. The Bertz CT molecular complexity index is 484. The van der Waals surface area contributed by atoms with Gasteiger partial charge in [-0.05, 0) is 17.7 Å². The molecule has 4 nitrogen and oxygen atoms in total. The number of ether oxygens (including phenoxy) is 1. The van der Waals surface area contributed by atoms with Crippen LogP contribution >= 0.6 is 0 Å². The minimum absolute atomic E-state index is 0.278. The fraction of sp³-hybridized carbons (Fsp3) is 0.417. The fourth-order valence-corrected chi connectivity index (χ4v) is 2.04. The van der Waals surface area contributed by atoms with E-state index < -0.39 is 23.5 Å². The molecule has 104 valence electrons. The molecule has 19 heavy (non-hydrogen) atoms. The number of hydrogen-bond donors (Lipinski definition) is 1. The van der Waals surface area contributed by atoms with E-state index in [-0.39, 0.29) is 12.5 Å². The third-order valence-corrected chi connectivity index (χ3v) is 3.02. The number of nitrogens with zero attached hydrogens (tertiary/aromatic N) is 2. The van der Waals surface area contributed by atoms with Crippen molar-refractivity contribution in [1.29, 1.82) is 0 Å². The summed E-state index contributed by atoms with van der Waals surface area (Å²) in [6, 6.07) is 1.54. The first kappa shape index (κ1) is 13.7. The van der Waals surface area contributed by atoms with Crippen molar-refractivity contribution in [2.24, 2.45) is 10.7 Å². The molecule has 1 heterocycles. The maximum atomic E-state index is 13.2. The van der Waals surface area contributed by atoms with Gasteiger partial charge >= 0.3 is 0 Å². The van der Waals surface area contributed by atoms with Gasteiger partial charge in [-0.3, -0.25) is 4.99 Å². The Hall–Kier alpha value is -1.76. The van der Waals surface area contributed by atoms with E-state index in [2.05, 4.69) is 4.99 Å². The molecule has 2 N–H and O–H groups in total. The summed E-state index contributed by atoms with van der Waals surface area (Å²) in [6.45, 7) is 1.12. The number of rotatable bonds is 4. The van der Waals surface area contributed by atoms with E-state index in [1.165, 1.54) is 7.11 Å². The number of nitrogens with two attached hydrogens (primary N) is 1. The predicted molar refractivity (Wildman–Crippen MR) is 64.1 cm³/mol. The summed E-state index contributed by atoms with van der Waals surface area (Å²) >= 11 is 0. The summed E-state index contributed by atoms with van der Waals surface area (Å²) in [6.07, 6.45) is 0. The van der Waals surface area contributed by atoms with Crippen molar-refractivity contribution in [2.45, 2.75) is 6.04 Å². The highest BCUT2D eigenvalue weighted by Gasteiger charge is 2.28. The van der Waals surface area contributed by atoms with Crippen LogP contribution < -0.4 is 5.73 Å². The van der Waals surface area contributed by atoms with Crippen molar-refractivity contribution in [2.75, 3.05) is 26.8 Å². The van der Waals surface area contributed by atoms with E-state index in [1.54, 1.807) is 4.90 Å². The molecule has 0 spiro atoms. The standard InChI is InChI=1S/C12H14F3N3O/c1-19-3-2-18-10(6-17-12(18)16)7-4-8(13)11(15)9(14)5-7/h4-5,10H,2-3,6H2,1H3,(H2,16,17). The molecule has 0 aromatic heterocycles. The summed E-state index contributed by atoms with van der Waals surface area (Å²) in [7, 11) is 1.54. The molecule has 1 aliphatic heterocycles. The minimum atomic E-state index is -1.47. The number of methoxy groups -OCH3 is 1. The summed E-state index contributed by atoms with van der Waals surface area (Å²) in [4.78, 5) is 5.71. The molecule has 0 radical (unpaired) electrons. The molecule has 1 aromatic rings. The van der Waals surface area contributed by atoms with Crippen LogP contribution in [0.1, 0.15) is 11.6 Å². The van der Waals surface area contributed by atoms with Gasteiger partial charge in [0.2, 0.25) is 0 Å². The Labute approximate surface area is 108 Å². The molecule has 0 saturated heterocycles. The highest BCUT2D eigenvalue weighted by atomic mass is 19.2. The average molecular weight is 273 g/mol. The quantitative estimate of drug-likeness (QED) is 0.844. The van der Waals surface area contributed by atoms with E-state index in [0.717, 1.165) is 12.1 Å². The van der Waals surface area contributed by atoms with Crippen molar-refractivity contribution in [1.82, 2.24) is 4.90 Å². The molecular formula is C12H14F3N3O. The van der Waals surface area contributed by atoms with Crippen molar-refractivity contribution >= 4 is 5.96 Å². The average Bonchev–Trinajstić information content (AvgIpc) is 2.74. The van der Waals surface area contributed by atoms with Crippen LogP contribution in [0.25, 0.3) is 0 Å². The lowest BCUT2D eigenvalue weighted by atomic mass is 10.1. The maximum absolute atomic E-state index is 13.2. The zero-order chi connectivity index (χ0) is 14.0. The Morgan fingerprint density at radius 2 is 2.00 bits per heavy atom. The van der Waals surface area contributed by atoms with Crippen LogP contribution in [0, 0.1) is 17.5 Å². The highest BCUT2D eigenvalue weighted by Crippen LogP contribution is 2.27. The van der Waals surface area contributed by atoms with Gasteiger partial charge in [-0.1, -0.05) is 0 Å². The van der Waals surface area contributed by atoms with Gasteiger partial charge in [0.25, 0.3) is 0 Å². The zero-order valence-corrected chi connectivity index (χ0v) is 10.4. The van der Waals surface area contributed by atoms with E-state index in [0.29, 0.717) is 18.7 Å². The smallest absolute Gasteiger partial charge is 0.194 e. The molecule has 0 fully saturated rings. The monoisotopic (exact) mass is 273 g/mol. The predicted octanol–water partition coefficient (Wildman–Crippen LogP) is 1.42. The first-order chi connectivity index (χ1) is 9.04. The van der Waals surface area contributed by atoms with E-state index in [1.807, 2.05) is 0 Å². The summed E-state index contributed by atoms with van der Waals surface area (Å²) in [5.41, 5.74) is 6.01. The largest absolute Gasteiger partial charge is 0.383 e. The van der Waals surface area contributed by atoms with Crippen molar-refractivity contribution < 1.29 is 17.9 Å². The van der Waals surface area contributed by atoms with Crippen LogP contribution in [-0.2, 0) is 4.74 Å². The molecule has 0 aliphatic carbocycles. The van der Waals surface area contributed by atoms with Crippen LogP contribution in [0.2, 0.25) is 0 Å². The SMILES string of the molecule is COCCN1C(N)=NCC1c1cc(F)c(F)c(F)c1. The lowest BCUT2D eigenvalue weighted by Crippen LogP contribution is -2.38. The van der Waals surface area contributed by atoms with Gasteiger partial charge in [-0.2, -0.15) is 0 Å². The maximum Gasteiger partial charge on any atom is 0.194 e. The summed E-state index contributed by atoms with van der Waals surface area (Å²) in [5, 5.41) is 0. The van der Waals surface area contributed by atoms with Crippen LogP contribution in [0.4, 0.5) is 13.2 Å². The molecule has 1 atom stereocenters. The number of halogens is 3. The lowest BCUT2D eigenvalue weighted by molar-refractivity contribution is 0.166. The van der Waals surface area contributed by atoms with Crippen LogP contribution in [0.3, 0.4) is 0 Å². The number of benzene rings is 1. The molecule has 1 aromatic carbocycles. The number of aliphatic imine (C=N–C) groups is 1. The third-order valence-electron chi connectivity index (χ3n) is 3.02. The Kier molecular flexibility index (Phi) is 3.94. The molecule has 7 heteroatoms. The van der Waals surface area contributed by atoms with Crippen molar-refractivity contribution in [3.05, 3.63) is 35.1 Å². The normalized spacial score (nSPS) is 18.8. The Balaban J connectivity index is 2.26. The van der Waals surface area contributed by atoms with Gasteiger partial charge < -0.3 is 15.4 Å². The van der Waals surface area contributed by atoms with Crippen LogP contribution in [0.5, 0.6) is 0 Å². The van der Waals surface area contributed by atoms with Gasteiger partial charge in [0, 0.05) is 13.7 Å². The lowest BCUT2D eigenvalue weighted by Gasteiger charge is -2.26. The first-order valence-corrected chi connectivity index (χ1v) is 5.74. The van der Waals surface area contributed by atoms with Gasteiger partial charge in [0.1, 0.15) is 0 Å². The molecule has 0 saturated carbocycles. The van der Waals surface area contributed by atoms with E-state index >= 15 is 0 Å². The van der Waals surface area contributed by atoms with Crippen LogP contribution in [0.15, 0.2) is 17.1 Å². The molecule has 2 rings (SSSR count). The highest BCUT2D eigenvalue weighted by molar-refractivity contribution is 5.80. The molecule has 0 amide bonds.